The van der Waals surface area contributed by atoms with Crippen LogP contribution in [0.15, 0.2) is 18.2 Å². The van der Waals surface area contributed by atoms with Gasteiger partial charge in [0.1, 0.15) is 11.6 Å². The van der Waals surface area contributed by atoms with E-state index < -0.39 is 0 Å². The Morgan fingerprint density at radius 1 is 1.37 bits per heavy atom. The van der Waals surface area contributed by atoms with Crippen LogP contribution < -0.4 is 10.5 Å². The molecule has 104 valence electrons. The van der Waals surface area contributed by atoms with Crippen LogP contribution in [-0.4, -0.2) is 15.7 Å². The molecule has 2 N–H and O–H groups in total. The number of rotatable bonds is 5. The SMILES string of the molecule is CCCC(N)c1nc2cc(OC(C)C)ccc2n1C. The molecule has 0 saturated carbocycles. The summed E-state index contributed by atoms with van der Waals surface area (Å²) in [5.41, 5.74) is 8.22. The fourth-order valence-corrected chi connectivity index (χ4v) is 2.32. The lowest BCUT2D eigenvalue weighted by molar-refractivity contribution is 0.242. The van der Waals surface area contributed by atoms with Gasteiger partial charge in [0, 0.05) is 13.1 Å². The van der Waals surface area contributed by atoms with E-state index in [0.717, 1.165) is 35.4 Å². The molecule has 1 heterocycles. The summed E-state index contributed by atoms with van der Waals surface area (Å²) in [6.07, 6.45) is 2.18. The first-order valence-corrected chi connectivity index (χ1v) is 6.91. The zero-order chi connectivity index (χ0) is 14.0. The molecule has 0 saturated heterocycles. The molecule has 0 aliphatic heterocycles. The summed E-state index contributed by atoms with van der Waals surface area (Å²) in [6, 6.07) is 6.01. The maximum Gasteiger partial charge on any atom is 0.126 e. The quantitative estimate of drug-likeness (QED) is 0.899. The molecule has 1 unspecified atom stereocenters. The molecule has 1 aromatic carbocycles. The average Bonchev–Trinajstić information content (AvgIpc) is 2.66. The predicted molar refractivity (Wildman–Crippen MR) is 78.3 cm³/mol. The Morgan fingerprint density at radius 2 is 2.11 bits per heavy atom. The number of hydrogen-bond acceptors (Lipinski definition) is 3. The molecule has 1 atom stereocenters. The van der Waals surface area contributed by atoms with Gasteiger partial charge in [-0.1, -0.05) is 13.3 Å². The molecule has 0 radical (unpaired) electrons. The highest BCUT2D eigenvalue weighted by molar-refractivity contribution is 5.77. The fourth-order valence-electron chi connectivity index (χ4n) is 2.32. The van der Waals surface area contributed by atoms with Crippen molar-refractivity contribution in [3.63, 3.8) is 0 Å². The van der Waals surface area contributed by atoms with Gasteiger partial charge in [-0.25, -0.2) is 4.98 Å². The average molecular weight is 261 g/mol. The van der Waals surface area contributed by atoms with Crippen molar-refractivity contribution in [2.24, 2.45) is 12.8 Å². The van der Waals surface area contributed by atoms with Crippen molar-refractivity contribution in [3.05, 3.63) is 24.0 Å². The lowest BCUT2D eigenvalue weighted by Gasteiger charge is -2.10. The molecule has 0 bridgehead atoms. The summed E-state index contributed by atoms with van der Waals surface area (Å²) in [7, 11) is 2.02. The lowest BCUT2D eigenvalue weighted by Crippen LogP contribution is -2.14. The Morgan fingerprint density at radius 3 is 2.74 bits per heavy atom. The largest absolute Gasteiger partial charge is 0.491 e. The third-order valence-electron chi connectivity index (χ3n) is 3.19. The number of benzene rings is 1. The van der Waals surface area contributed by atoms with Gasteiger partial charge in [-0.05, 0) is 32.4 Å². The van der Waals surface area contributed by atoms with Crippen LogP contribution in [-0.2, 0) is 7.05 Å². The molecule has 4 nitrogen and oxygen atoms in total. The molecule has 4 heteroatoms. The molecular weight excluding hydrogens is 238 g/mol. The summed E-state index contributed by atoms with van der Waals surface area (Å²) in [4.78, 5) is 4.66. The first-order chi connectivity index (χ1) is 9.02. The van der Waals surface area contributed by atoms with Gasteiger partial charge in [0.2, 0.25) is 0 Å². The van der Waals surface area contributed by atoms with Gasteiger partial charge < -0.3 is 15.0 Å². The van der Waals surface area contributed by atoms with Gasteiger partial charge in [-0.3, -0.25) is 0 Å². The second kappa shape index (κ2) is 5.61. The Labute approximate surface area is 114 Å². The molecule has 0 aliphatic rings. The smallest absolute Gasteiger partial charge is 0.126 e. The van der Waals surface area contributed by atoms with Crippen LogP contribution in [0.25, 0.3) is 11.0 Å². The van der Waals surface area contributed by atoms with E-state index in [9.17, 15) is 0 Å². The van der Waals surface area contributed by atoms with Crippen LogP contribution in [0.3, 0.4) is 0 Å². The standard InChI is InChI=1S/C15H23N3O/c1-5-6-12(16)15-17-13-9-11(19-10(2)3)7-8-14(13)18(15)4/h7-10,12H,5-6,16H2,1-4H3. The summed E-state index contributed by atoms with van der Waals surface area (Å²) < 4.78 is 7.78. The minimum absolute atomic E-state index is 0.00290. The number of ether oxygens (including phenoxy) is 1. The Bertz CT molecular complexity index is 560. The van der Waals surface area contributed by atoms with Gasteiger partial charge in [-0.15, -0.1) is 0 Å². The number of aryl methyl sites for hydroxylation is 1. The van der Waals surface area contributed by atoms with E-state index in [1.807, 2.05) is 39.1 Å². The molecule has 1 aromatic heterocycles. The second-order valence-electron chi connectivity index (χ2n) is 5.24. The van der Waals surface area contributed by atoms with Crippen molar-refractivity contribution in [1.29, 1.82) is 0 Å². The molecule has 19 heavy (non-hydrogen) atoms. The van der Waals surface area contributed by atoms with Crippen LogP contribution in [0.5, 0.6) is 5.75 Å². The highest BCUT2D eigenvalue weighted by Crippen LogP contribution is 2.25. The monoisotopic (exact) mass is 261 g/mol. The van der Waals surface area contributed by atoms with E-state index in [-0.39, 0.29) is 12.1 Å². The topological polar surface area (TPSA) is 53.1 Å². The summed E-state index contributed by atoms with van der Waals surface area (Å²) in [5, 5.41) is 0. The van der Waals surface area contributed by atoms with Gasteiger partial charge in [0.05, 0.1) is 23.2 Å². The van der Waals surface area contributed by atoms with Crippen LogP contribution in [0.4, 0.5) is 0 Å². The van der Waals surface area contributed by atoms with Gasteiger partial charge in [0.25, 0.3) is 0 Å². The molecule has 0 fully saturated rings. The first kappa shape index (κ1) is 13.9. The Balaban J connectivity index is 2.39. The van der Waals surface area contributed by atoms with Crippen LogP contribution >= 0.6 is 0 Å². The number of aromatic nitrogens is 2. The van der Waals surface area contributed by atoms with E-state index >= 15 is 0 Å². The van der Waals surface area contributed by atoms with Crippen molar-refractivity contribution in [2.45, 2.75) is 45.8 Å². The fraction of sp³-hybridized carbons (Fsp3) is 0.533. The highest BCUT2D eigenvalue weighted by atomic mass is 16.5. The maximum absolute atomic E-state index is 6.17. The molecule has 2 aromatic rings. The van der Waals surface area contributed by atoms with E-state index in [1.165, 1.54) is 0 Å². The predicted octanol–water partition coefficient (Wildman–Crippen LogP) is 3.16. The molecule has 2 rings (SSSR count). The summed E-state index contributed by atoms with van der Waals surface area (Å²) >= 11 is 0. The van der Waals surface area contributed by atoms with Gasteiger partial charge in [0.15, 0.2) is 0 Å². The number of fused-ring (bicyclic) bond motifs is 1. The van der Waals surface area contributed by atoms with Crippen LogP contribution in [0.1, 0.15) is 45.5 Å². The minimum Gasteiger partial charge on any atom is -0.491 e. The van der Waals surface area contributed by atoms with Crippen molar-refractivity contribution < 1.29 is 4.74 Å². The number of imidazole rings is 1. The summed E-state index contributed by atoms with van der Waals surface area (Å²) in [5.74, 6) is 1.80. The van der Waals surface area contributed by atoms with E-state index in [0.29, 0.717) is 0 Å². The Hall–Kier alpha value is -1.55. The van der Waals surface area contributed by atoms with Crippen molar-refractivity contribution in [2.75, 3.05) is 0 Å². The first-order valence-electron chi connectivity index (χ1n) is 6.91. The normalized spacial score (nSPS) is 13.2. The molecule has 0 aliphatic carbocycles. The van der Waals surface area contributed by atoms with Crippen molar-refractivity contribution in [3.8, 4) is 5.75 Å². The molecule has 0 amide bonds. The van der Waals surface area contributed by atoms with E-state index in [4.69, 9.17) is 10.5 Å². The van der Waals surface area contributed by atoms with Gasteiger partial charge >= 0.3 is 0 Å². The number of nitrogens with two attached hydrogens (primary N) is 1. The van der Waals surface area contributed by atoms with Crippen molar-refractivity contribution >= 4 is 11.0 Å². The Kier molecular flexibility index (Phi) is 4.10. The number of nitrogens with zero attached hydrogens (tertiary/aromatic N) is 2. The molecule has 0 spiro atoms. The van der Waals surface area contributed by atoms with E-state index in [2.05, 4.69) is 16.5 Å². The second-order valence-corrected chi connectivity index (χ2v) is 5.24. The number of hydrogen-bond donors (Lipinski definition) is 1. The minimum atomic E-state index is -0.00290. The van der Waals surface area contributed by atoms with E-state index in [1.54, 1.807) is 0 Å². The van der Waals surface area contributed by atoms with Crippen LogP contribution in [0.2, 0.25) is 0 Å². The lowest BCUT2D eigenvalue weighted by atomic mass is 10.2. The zero-order valence-electron chi connectivity index (χ0n) is 12.2. The zero-order valence-corrected chi connectivity index (χ0v) is 12.2. The van der Waals surface area contributed by atoms with Crippen molar-refractivity contribution in [1.82, 2.24) is 9.55 Å². The maximum atomic E-state index is 6.17. The highest BCUT2D eigenvalue weighted by Gasteiger charge is 2.14. The summed E-state index contributed by atoms with van der Waals surface area (Å²) in [6.45, 7) is 6.17. The third-order valence-corrected chi connectivity index (χ3v) is 3.19. The van der Waals surface area contributed by atoms with Gasteiger partial charge in [-0.2, -0.15) is 0 Å². The van der Waals surface area contributed by atoms with Crippen LogP contribution in [0, 0.1) is 0 Å². The molecular formula is C15H23N3O. The third kappa shape index (κ3) is 2.89.